The van der Waals surface area contributed by atoms with Gasteiger partial charge in [0, 0.05) is 6.08 Å². The van der Waals surface area contributed by atoms with E-state index in [0.29, 0.717) is 5.56 Å². The molecule has 0 unspecified atom stereocenters. The predicted octanol–water partition coefficient (Wildman–Crippen LogP) is 3.24. The van der Waals surface area contributed by atoms with Crippen LogP contribution in [-0.2, 0) is 6.18 Å². The Labute approximate surface area is 79.1 Å². The van der Waals surface area contributed by atoms with E-state index in [-0.39, 0.29) is 0 Å². The summed E-state index contributed by atoms with van der Waals surface area (Å²) in [5.74, 6) is 0. The highest BCUT2D eigenvalue weighted by Crippen LogP contribution is 2.29. The van der Waals surface area contributed by atoms with Crippen LogP contribution in [0, 0.1) is 11.3 Å². The van der Waals surface area contributed by atoms with Crippen molar-refractivity contribution >= 4 is 6.08 Å². The molecule has 0 saturated carbocycles. The molecule has 0 aliphatic carbocycles. The number of benzene rings is 1. The quantitative estimate of drug-likeness (QED) is 0.634. The normalized spacial score (nSPS) is 11.6. The summed E-state index contributed by atoms with van der Waals surface area (Å²) in [5, 5.41) is 8.20. The molecule has 0 bridgehead atoms. The first-order chi connectivity index (χ1) is 6.54. The second kappa shape index (κ2) is 3.97. The topological polar surface area (TPSA) is 23.8 Å². The molecule has 1 nitrogen and oxygen atoms in total. The summed E-state index contributed by atoms with van der Waals surface area (Å²) in [6.45, 7) is 0. The molecule has 0 N–H and O–H groups in total. The Morgan fingerprint density at radius 2 is 2.00 bits per heavy atom. The molecule has 1 rings (SSSR count). The Balaban J connectivity index is 3.03. The van der Waals surface area contributed by atoms with Crippen molar-refractivity contribution in [2.45, 2.75) is 6.18 Å². The number of rotatable bonds is 1. The highest BCUT2D eigenvalue weighted by molar-refractivity contribution is 5.52. The van der Waals surface area contributed by atoms with Crippen molar-refractivity contribution in [2.75, 3.05) is 0 Å². The monoisotopic (exact) mass is 197 g/mol. The Kier molecular flexibility index (Phi) is 2.92. The third-order valence-electron chi connectivity index (χ3n) is 1.56. The first kappa shape index (κ1) is 10.3. The zero-order valence-electron chi connectivity index (χ0n) is 7.05. The highest BCUT2D eigenvalue weighted by atomic mass is 19.4. The Bertz CT molecular complexity index is 385. The van der Waals surface area contributed by atoms with Crippen molar-refractivity contribution in [1.82, 2.24) is 0 Å². The minimum atomic E-state index is -4.34. The molecule has 14 heavy (non-hydrogen) atoms. The summed E-state index contributed by atoms with van der Waals surface area (Å²) in [7, 11) is 0. The predicted molar refractivity (Wildman–Crippen MR) is 46.1 cm³/mol. The lowest BCUT2D eigenvalue weighted by Crippen LogP contribution is -2.04. The van der Waals surface area contributed by atoms with Gasteiger partial charge in [0.15, 0.2) is 0 Å². The first-order valence-electron chi connectivity index (χ1n) is 3.77. The van der Waals surface area contributed by atoms with Gasteiger partial charge in [0.25, 0.3) is 0 Å². The van der Waals surface area contributed by atoms with Crippen LogP contribution in [0.5, 0.6) is 0 Å². The molecule has 72 valence electrons. The van der Waals surface area contributed by atoms with Crippen molar-refractivity contribution < 1.29 is 13.2 Å². The fourth-order valence-electron chi connectivity index (χ4n) is 0.952. The molecule has 0 amide bonds. The van der Waals surface area contributed by atoms with Crippen molar-refractivity contribution in [3.63, 3.8) is 0 Å². The maximum absolute atomic E-state index is 12.2. The number of nitrogens with zero attached hydrogens (tertiary/aromatic N) is 1. The van der Waals surface area contributed by atoms with Crippen LogP contribution in [0.3, 0.4) is 0 Å². The van der Waals surface area contributed by atoms with Crippen LogP contribution in [0.2, 0.25) is 0 Å². The maximum atomic E-state index is 12.2. The number of hydrogen-bond donors (Lipinski definition) is 0. The molecule has 0 saturated heterocycles. The van der Waals surface area contributed by atoms with Crippen LogP contribution in [-0.4, -0.2) is 0 Å². The van der Waals surface area contributed by atoms with Crippen LogP contribution in [0.4, 0.5) is 13.2 Å². The molecule has 0 aliphatic rings. The van der Waals surface area contributed by atoms with Gasteiger partial charge in [0.1, 0.15) is 0 Å². The van der Waals surface area contributed by atoms with E-state index in [1.807, 2.05) is 0 Å². The lowest BCUT2D eigenvalue weighted by atomic mass is 10.1. The second-order valence-corrected chi connectivity index (χ2v) is 2.59. The molecular formula is C10H6F3N. The molecule has 0 aliphatic heterocycles. The zero-order valence-corrected chi connectivity index (χ0v) is 7.05. The standard InChI is InChI=1S/C10H6F3N/c11-10(12,13)9-5-1-3-8(7-9)4-2-6-14/h1-5,7H/b4-2+. The molecule has 0 atom stereocenters. The van der Waals surface area contributed by atoms with Gasteiger partial charge < -0.3 is 0 Å². The molecule has 4 heteroatoms. The SMILES string of the molecule is N#C/C=C/c1cccc(C(F)(F)F)c1. The van der Waals surface area contributed by atoms with Crippen LogP contribution >= 0.6 is 0 Å². The van der Waals surface area contributed by atoms with Crippen LogP contribution in [0.15, 0.2) is 30.3 Å². The van der Waals surface area contributed by atoms with Crippen molar-refractivity contribution in [2.24, 2.45) is 0 Å². The van der Waals surface area contributed by atoms with E-state index in [1.165, 1.54) is 18.2 Å². The van der Waals surface area contributed by atoms with Crippen LogP contribution < -0.4 is 0 Å². The minimum absolute atomic E-state index is 0.362. The second-order valence-electron chi connectivity index (χ2n) is 2.59. The molecular weight excluding hydrogens is 191 g/mol. The number of alkyl halides is 3. The maximum Gasteiger partial charge on any atom is 0.416 e. The summed E-state index contributed by atoms with van der Waals surface area (Å²) < 4.78 is 36.6. The van der Waals surface area contributed by atoms with E-state index in [9.17, 15) is 13.2 Å². The molecule has 1 aromatic rings. The third-order valence-corrected chi connectivity index (χ3v) is 1.56. The lowest BCUT2D eigenvalue weighted by molar-refractivity contribution is -0.137. The largest absolute Gasteiger partial charge is 0.416 e. The van der Waals surface area contributed by atoms with E-state index in [1.54, 1.807) is 6.07 Å². The van der Waals surface area contributed by atoms with Gasteiger partial charge in [-0.1, -0.05) is 12.1 Å². The Morgan fingerprint density at radius 1 is 1.29 bits per heavy atom. The number of nitriles is 1. The molecule has 0 heterocycles. The highest BCUT2D eigenvalue weighted by Gasteiger charge is 2.30. The van der Waals surface area contributed by atoms with Crippen molar-refractivity contribution in [3.05, 3.63) is 41.5 Å². The van der Waals surface area contributed by atoms with Gasteiger partial charge >= 0.3 is 6.18 Å². The van der Waals surface area contributed by atoms with E-state index in [4.69, 9.17) is 5.26 Å². The van der Waals surface area contributed by atoms with Gasteiger partial charge in [-0.25, -0.2) is 0 Å². The van der Waals surface area contributed by atoms with E-state index >= 15 is 0 Å². The first-order valence-corrected chi connectivity index (χ1v) is 3.77. The minimum Gasteiger partial charge on any atom is -0.193 e. The Morgan fingerprint density at radius 3 is 2.57 bits per heavy atom. The van der Waals surface area contributed by atoms with Crippen LogP contribution in [0.1, 0.15) is 11.1 Å². The van der Waals surface area contributed by atoms with Crippen molar-refractivity contribution in [1.29, 1.82) is 5.26 Å². The molecule has 0 aromatic heterocycles. The average molecular weight is 197 g/mol. The van der Waals surface area contributed by atoms with E-state index in [0.717, 1.165) is 18.2 Å². The summed E-state index contributed by atoms with van der Waals surface area (Å²) in [6.07, 6.45) is -1.87. The number of allylic oxidation sites excluding steroid dienone is 1. The summed E-state index contributed by atoms with van der Waals surface area (Å²) in [6, 6.07) is 6.50. The van der Waals surface area contributed by atoms with Crippen molar-refractivity contribution in [3.8, 4) is 6.07 Å². The summed E-state index contributed by atoms with van der Waals surface area (Å²) in [5.41, 5.74) is -0.348. The molecule has 0 spiro atoms. The van der Waals surface area contributed by atoms with Crippen LogP contribution in [0.25, 0.3) is 6.08 Å². The van der Waals surface area contributed by atoms with Gasteiger partial charge in [-0.15, -0.1) is 0 Å². The van der Waals surface area contributed by atoms with E-state index in [2.05, 4.69) is 0 Å². The average Bonchev–Trinajstić information content (AvgIpc) is 2.14. The number of halogens is 3. The fraction of sp³-hybridized carbons (Fsp3) is 0.100. The summed E-state index contributed by atoms with van der Waals surface area (Å²) >= 11 is 0. The zero-order chi connectivity index (χ0) is 10.6. The van der Waals surface area contributed by atoms with Gasteiger partial charge in [-0.3, -0.25) is 0 Å². The van der Waals surface area contributed by atoms with Gasteiger partial charge in [-0.2, -0.15) is 18.4 Å². The van der Waals surface area contributed by atoms with Gasteiger partial charge in [-0.05, 0) is 23.8 Å². The van der Waals surface area contributed by atoms with Gasteiger partial charge in [0.2, 0.25) is 0 Å². The Hall–Kier alpha value is -1.76. The lowest BCUT2D eigenvalue weighted by Gasteiger charge is -2.06. The molecule has 0 fully saturated rings. The third kappa shape index (κ3) is 2.63. The van der Waals surface area contributed by atoms with E-state index < -0.39 is 11.7 Å². The number of hydrogen-bond acceptors (Lipinski definition) is 1. The fourth-order valence-corrected chi connectivity index (χ4v) is 0.952. The molecule has 0 radical (unpaired) electrons. The smallest absolute Gasteiger partial charge is 0.193 e. The summed E-state index contributed by atoms with van der Waals surface area (Å²) in [4.78, 5) is 0. The van der Waals surface area contributed by atoms with Gasteiger partial charge in [0.05, 0.1) is 11.6 Å². The molecule has 1 aromatic carbocycles.